The van der Waals surface area contributed by atoms with Gasteiger partial charge >= 0.3 is 0 Å². The summed E-state index contributed by atoms with van der Waals surface area (Å²) in [4.78, 5) is 0. The summed E-state index contributed by atoms with van der Waals surface area (Å²) in [5.74, 6) is 0.852. The van der Waals surface area contributed by atoms with Gasteiger partial charge in [0.05, 0.1) is 8.48 Å². The Labute approximate surface area is 73.0 Å². The normalized spacial score (nSPS) is 11.2. The molecular formula is C11H10O. The van der Waals surface area contributed by atoms with Crippen molar-refractivity contribution in [1.82, 2.24) is 0 Å². The van der Waals surface area contributed by atoms with Gasteiger partial charge in [-0.1, -0.05) is 30.3 Å². The van der Waals surface area contributed by atoms with Crippen LogP contribution in [0.4, 0.5) is 0 Å². The summed E-state index contributed by atoms with van der Waals surface area (Å²) in [6.07, 6.45) is 0. The highest BCUT2D eigenvalue weighted by molar-refractivity contribution is 5.83. The molecule has 0 bridgehead atoms. The standard InChI is InChI=1S/C11H10O/c1-12-11-7-6-9-4-2-3-5-10(9)8-11/h2-8H,1H3/i2D. The Hall–Kier alpha value is -1.50. The van der Waals surface area contributed by atoms with Crippen LogP contribution in [0.1, 0.15) is 1.37 Å². The summed E-state index contributed by atoms with van der Waals surface area (Å²) in [5.41, 5.74) is 0. The Morgan fingerprint density at radius 3 is 2.92 bits per heavy atom. The molecule has 0 amide bonds. The first kappa shape index (κ1) is 6.06. The van der Waals surface area contributed by atoms with Gasteiger partial charge in [-0.3, -0.25) is 0 Å². The number of benzene rings is 2. The van der Waals surface area contributed by atoms with Crippen molar-refractivity contribution in [2.75, 3.05) is 7.11 Å². The van der Waals surface area contributed by atoms with Gasteiger partial charge in [-0.05, 0) is 22.9 Å². The van der Waals surface area contributed by atoms with Gasteiger partial charge in [0, 0.05) is 0 Å². The van der Waals surface area contributed by atoms with Crippen molar-refractivity contribution in [3.8, 4) is 5.75 Å². The third-order valence-corrected chi connectivity index (χ3v) is 1.89. The van der Waals surface area contributed by atoms with Crippen LogP contribution in [0.15, 0.2) is 42.4 Å². The van der Waals surface area contributed by atoms with E-state index in [4.69, 9.17) is 6.11 Å². The van der Waals surface area contributed by atoms with E-state index in [0.29, 0.717) is 6.04 Å². The fraction of sp³-hybridized carbons (Fsp3) is 0.0909. The van der Waals surface area contributed by atoms with Crippen molar-refractivity contribution in [3.05, 3.63) is 42.4 Å². The molecule has 0 aliphatic carbocycles. The van der Waals surface area contributed by atoms with Crippen molar-refractivity contribution in [3.63, 3.8) is 0 Å². The summed E-state index contributed by atoms with van der Waals surface area (Å²) in [5, 5.41) is 2.18. The first-order chi connectivity index (χ1) is 6.29. The average molecular weight is 159 g/mol. The molecule has 0 aliphatic rings. The van der Waals surface area contributed by atoms with Crippen LogP contribution in [0.5, 0.6) is 5.75 Å². The zero-order chi connectivity index (χ0) is 9.26. The minimum absolute atomic E-state index is 0.540. The van der Waals surface area contributed by atoms with Gasteiger partial charge in [-0.2, -0.15) is 0 Å². The maximum atomic E-state index is 7.44. The number of methoxy groups -OCH3 is 1. The number of hydrogen-bond donors (Lipinski definition) is 0. The Morgan fingerprint density at radius 1 is 1.17 bits per heavy atom. The van der Waals surface area contributed by atoms with Gasteiger partial charge in [0.15, 0.2) is 0 Å². The largest absolute Gasteiger partial charge is 0.497 e. The quantitative estimate of drug-likeness (QED) is 0.621. The smallest absolute Gasteiger partial charge is 0.119 e. The Kier molecular flexibility index (Phi) is 1.44. The second-order valence-electron chi connectivity index (χ2n) is 2.64. The van der Waals surface area contributed by atoms with Gasteiger partial charge in [0.2, 0.25) is 0 Å². The van der Waals surface area contributed by atoms with E-state index in [1.54, 1.807) is 13.2 Å². The topological polar surface area (TPSA) is 9.23 Å². The van der Waals surface area contributed by atoms with Crippen LogP contribution in [0.3, 0.4) is 0 Å². The molecule has 0 spiro atoms. The zero-order valence-electron chi connectivity index (χ0n) is 7.87. The summed E-state index contributed by atoms with van der Waals surface area (Å²) < 4.78 is 12.5. The molecule has 0 saturated heterocycles. The van der Waals surface area contributed by atoms with E-state index in [1.165, 1.54) is 0 Å². The fourth-order valence-corrected chi connectivity index (χ4v) is 1.23. The van der Waals surface area contributed by atoms with Crippen molar-refractivity contribution in [1.29, 1.82) is 0 Å². The minimum atomic E-state index is 0.540. The first-order valence-corrected chi connectivity index (χ1v) is 3.84. The Balaban J connectivity index is 2.66. The lowest BCUT2D eigenvalue weighted by molar-refractivity contribution is 0.415. The molecule has 0 unspecified atom stereocenters. The van der Waals surface area contributed by atoms with E-state index >= 15 is 0 Å². The molecule has 0 aromatic heterocycles. The van der Waals surface area contributed by atoms with E-state index in [2.05, 4.69) is 0 Å². The maximum Gasteiger partial charge on any atom is 0.119 e. The second-order valence-corrected chi connectivity index (χ2v) is 2.64. The number of fused-ring (bicyclic) bond motifs is 1. The molecule has 0 heterocycles. The van der Waals surface area contributed by atoms with Gasteiger partial charge < -0.3 is 4.74 Å². The molecule has 0 fully saturated rings. The molecular weight excluding hydrogens is 148 g/mol. The lowest BCUT2D eigenvalue weighted by atomic mass is 10.1. The number of hydrogen-bond acceptors (Lipinski definition) is 1. The van der Waals surface area contributed by atoms with Crippen LogP contribution < -0.4 is 4.74 Å². The predicted molar refractivity (Wildman–Crippen MR) is 50.5 cm³/mol. The van der Waals surface area contributed by atoms with Crippen LogP contribution in [0.2, 0.25) is 0 Å². The summed E-state index contributed by atoms with van der Waals surface area (Å²) >= 11 is 0. The molecule has 2 rings (SSSR count). The molecule has 2 aromatic rings. The summed E-state index contributed by atoms with van der Waals surface area (Å²) in [6, 6.07) is 11.9. The molecule has 0 aliphatic heterocycles. The highest BCUT2D eigenvalue weighted by Gasteiger charge is 1.93. The summed E-state index contributed by atoms with van der Waals surface area (Å²) in [7, 11) is 1.65. The zero-order valence-corrected chi connectivity index (χ0v) is 6.87. The average Bonchev–Trinajstić information content (AvgIpc) is 2.17. The van der Waals surface area contributed by atoms with Crippen molar-refractivity contribution >= 4 is 10.8 Å². The molecule has 0 N–H and O–H groups in total. The maximum absolute atomic E-state index is 7.44. The predicted octanol–water partition coefficient (Wildman–Crippen LogP) is 2.85. The lowest BCUT2D eigenvalue weighted by Gasteiger charge is -2.00. The molecule has 1 nitrogen and oxygen atoms in total. The SMILES string of the molecule is [2H]c1ccc2cc(OC)ccc2c1. The Bertz CT molecular complexity index is 437. The van der Waals surface area contributed by atoms with Crippen molar-refractivity contribution in [2.45, 2.75) is 0 Å². The Morgan fingerprint density at radius 2 is 2.08 bits per heavy atom. The van der Waals surface area contributed by atoms with Crippen molar-refractivity contribution < 1.29 is 6.11 Å². The molecule has 1 heteroatoms. The third kappa shape index (κ3) is 1.14. The van der Waals surface area contributed by atoms with Gasteiger partial charge in [0.25, 0.3) is 0 Å². The molecule has 2 aromatic carbocycles. The van der Waals surface area contributed by atoms with Gasteiger partial charge in [0.1, 0.15) is 5.75 Å². The number of ether oxygens (including phenoxy) is 1. The minimum Gasteiger partial charge on any atom is -0.497 e. The first-order valence-electron chi connectivity index (χ1n) is 4.34. The third-order valence-electron chi connectivity index (χ3n) is 1.89. The number of rotatable bonds is 1. The molecule has 0 saturated carbocycles. The van der Waals surface area contributed by atoms with E-state index in [1.807, 2.05) is 30.3 Å². The molecule has 12 heavy (non-hydrogen) atoms. The monoisotopic (exact) mass is 159 g/mol. The molecule has 60 valence electrons. The highest BCUT2D eigenvalue weighted by Crippen LogP contribution is 2.19. The van der Waals surface area contributed by atoms with Crippen LogP contribution in [0.25, 0.3) is 10.8 Å². The van der Waals surface area contributed by atoms with E-state index in [-0.39, 0.29) is 0 Å². The van der Waals surface area contributed by atoms with E-state index in [0.717, 1.165) is 16.5 Å². The van der Waals surface area contributed by atoms with E-state index in [9.17, 15) is 0 Å². The lowest BCUT2D eigenvalue weighted by Crippen LogP contribution is -1.81. The van der Waals surface area contributed by atoms with Gasteiger partial charge in [-0.25, -0.2) is 0 Å². The van der Waals surface area contributed by atoms with Gasteiger partial charge in [-0.15, -0.1) is 0 Å². The highest BCUT2D eigenvalue weighted by atomic mass is 16.5. The summed E-state index contributed by atoms with van der Waals surface area (Å²) in [6.45, 7) is 0. The van der Waals surface area contributed by atoms with Crippen LogP contribution >= 0.6 is 0 Å². The molecule has 0 radical (unpaired) electrons. The van der Waals surface area contributed by atoms with Crippen molar-refractivity contribution in [2.24, 2.45) is 0 Å². The fourth-order valence-electron chi connectivity index (χ4n) is 1.23. The second kappa shape index (κ2) is 2.86. The van der Waals surface area contributed by atoms with Crippen LogP contribution in [0, 0.1) is 0 Å². The van der Waals surface area contributed by atoms with E-state index < -0.39 is 0 Å². The van der Waals surface area contributed by atoms with Crippen LogP contribution in [-0.2, 0) is 0 Å². The molecule has 0 atom stereocenters. The van der Waals surface area contributed by atoms with Crippen LogP contribution in [-0.4, -0.2) is 7.11 Å².